The van der Waals surface area contributed by atoms with Crippen LogP contribution in [-0.2, 0) is 4.79 Å². The summed E-state index contributed by atoms with van der Waals surface area (Å²) >= 11 is 13.2. The normalized spacial score (nSPS) is 17.7. The lowest BCUT2D eigenvalue weighted by molar-refractivity contribution is -0.122. The van der Waals surface area contributed by atoms with Gasteiger partial charge in [0, 0.05) is 22.2 Å². The van der Waals surface area contributed by atoms with Crippen LogP contribution < -0.4 is 0 Å². The van der Waals surface area contributed by atoms with E-state index >= 15 is 0 Å². The third kappa shape index (κ3) is 4.00. The Labute approximate surface area is 159 Å². The van der Waals surface area contributed by atoms with E-state index in [1.165, 1.54) is 17.8 Å². The van der Waals surface area contributed by atoms with Gasteiger partial charge in [0.2, 0.25) is 0 Å². The van der Waals surface area contributed by atoms with Crippen molar-refractivity contribution in [2.24, 2.45) is 4.99 Å². The molecule has 1 N–H and O–H groups in total. The molecule has 0 unspecified atom stereocenters. The van der Waals surface area contributed by atoms with Crippen LogP contribution in [0.1, 0.15) is 12.5 Å². The van der Waals surface area contributed by atoms with Crippen LogP contribution in [0.15, 0.2) is 52.4 Å². The van der Waals surface area contributed by atoms with Gasteiger partial charge in [-0.15, -0.1) is 0 Å². The fraction of sp³-hybridized carbons (Fsp3) is 0.111. The van der Waals surface area contributed by atoms with Gasteiger partial charge in [0.1, 0.15) is 5.75 Å². The van der Waals surface area contributed by atoms with Crippen LogP contribution in [0.2, 0.25) is 10.0 Å². The standard InChI is InChI=1S/C18H14Cl2N2O2S/c1-2-22-17(24)16(9-11-8-13(20)6-7-15(11)23)25-18(22)21-14-5-3-4-12(19)10-14/h3-10,23H,2H2,1H3/b16-9+,21-18?. The molecule has 2 aromatic rings. The van der Waals surface area contributed by atoms with Gasteiger partial charge >= 0.3 is 0 Å². The van der Waals surface area contributed by atoms with Crippen LogP contribution in [0.5, 0.6) is 5.75 Å². The molecule has 1 saturated heterocycles. The quantitative estimate of drug-likeness (QED) is 0.718. The highest BCUT2D eigenvalue weighted by atomic mass is 35.5. The third-order valence-electron chi connectivity index (χ3n) is 3.51. The second-order valence-corrected chi connectivity index (χ2v) is 7.12. The lowest BCUT2D eigenvalue weighted by Crippen LogP contribution is -2.28. The topological polar surface area (TPSA) is 52.9 Å². The Kier molecular flexibility index (Phi) is 5.37. The molecule has 3 rings (SSSR count). The highest BCUT2D eigenvalue weighted by Gasteiger charge is 2.32. The Hall–Kier alpha value is -1.95. The predicted octanol–water partition coefficient (Wildman–Crippen LogP) is 5.32. The largest absolute Gasteiger partial charge is 0.507 e. The summed E-state index contributed by atoms with van der Waals surface area (Å²) < 4.78 is 0. The summed E-state index contributed by atoms with van der Waals surface area (Å²) in [6, 6.07) is 11.8. The summed E-state index contributed by atoms with van der Waals surface area (Å²) in [5.74, 6) is -0.0961. The van der Waals surface area contributed by atoms with Crippen LogP contribution in [0.25, 0.3) is 6.08 Å². The molecular weight excluding hydrogens is 379 g/mol. The number of carbonyl (C=O) groups excluding carboxylic acids is 1. The second kappa shape index (κ2) is 7.52. The van der Waals surface area contributed by atoms with E-state index in [9.17, 15) is 9.90 Å². The molecule has 128 valence electrons. The molecule has 25 heavy (non-hydrogen) atoms. The molecule has 2 aromatic carbocycles. The van der Waals surface area contributed by atoms with Crippen molar-refractivity contribution < 1.29 is 9.90 Å². The Morgan fingerprint density at radius 1 is 1.20 bits per heavy atom. The number of halogens is 2. The summed E-state index contributed by atoms with van der Waals surface area (Å²) in [7, 11) is 0. The third-order valence-corrected chi connectivity index (χ3v) is 4.99. The molecule has 1 amide bonds. The molecule has 0 atom stereocenters. The first-order valence-electron chi connectivity index (χ1n) is 7.52. The molecular formula is C18H14Cl2N2O2S. The van der Waals surface area contributed by atoms with Crippen molar-refractivity contribution in [3.63, 3.8) is 0 Å². The number of thioether (sulfide) groups is 1. The summed E-state index contributed by atoms with van der Waals surface area (Å²) in [6.45, 7) is 2.37. The number of phenolic OH excluding ortho intramolecular Hbond substituents is 1. The molecule has 0 saturated carbocycles. The Morgan fingerprint density at radius 3 is 2.68 bits per heavy atom. The number of benzene rings is 2. The maximum absolute atomic E-state index is 12.6. The number of nitrogens with zero attached hydrogens (tertiary/aromatic N) is 2. The van der Waals surface area contributed by atoms with Gasteiger partial charge in [0.25, 0.3) is 5.91 Å². The lowest BCUT2D eigenvalue weighted by Gasteiger charge is -2.12. The van der Waals surface area contributed by atoms with Crippen LogP contribution >= 0.6 is 35.0 Å². The van der Waals surface area contributed by atoms with Gasteiger partial charge in [-0.1, -0.05) is 29.3 Å². The first-order valence-corrected chi connectivity index (χ1v) is 9.09. The number of rotatable bonds is 3. The number of carbonyl (C=O) groups is 1. The fourth-order valence-corrected chi connectivity index (χ4v) is 3.73. The van der Waals surface area contributed by atoms with E-state index in [-0.39, 0.29) is 11.7 Å². The minimum absolute atomic E-state index is 0.0635. The lowest BCUT2D eigenvalue weighted by atomic mass is 10.2. The van der Waals surface area contributed by atoms with E-state index in [2.05, 4.69) is 4.99 Å². The van der Waals surface area contributed by atoms with Gasteiger partial charge in [-0.05, 0) is 61.2 Å². The fourth-order valence-electron chi connectivity index (χ4n) is 2.31. The van der Waals surface area contributed by atoms with E-state index in [0.29, 0.717) is 37.9 Å². The van der Waals surface area contributed by atoms with Crippen LogP contribution in [-0.4, -0.2) is 27.6 Å². The summed E-state index contributed by atoms with van der Waals surface area (Å²) in [5, 5.41) is 11.6. The van der Waals surface area contributed by atoms with Gasteiger partial charge in [-0.2, -0.15) is 0 Å². The number of hydrogen-bond acceptors (Lipinski definition) is 4. The first kappa shape index (κ1) is 17.9. The highest BCUT2D eigenvalue weighted by molar-refractivity contribution is 8.18. The Morgan fingerprint density at radius 2 is 1.96 bits per heavy atom. The van der Waals surface area contributed by atoms with Crippen molar-refractivity contribution in [1.29, 1.82) is 0 Å². The number of phenols is 1. The monoisotopic (exact) mass is 392 g/mol. The average Bonchev–Trinajstić information content (AvgIpc) is 2.86. The van der Waals surface area contributed by atoms with Crippen molar-refractivity contribution in [3.8, 4) is 5.75 Å². The molecule has 1 heterocycles. The van der Waals surface area contributed by atoms with E-state index < -0.39 is 0 Å². The zero-order chi connectivity index (χ0) is 18.0. The smallest absolute Gasteiger partial charge is 0.266 e. The number of amides is 1. The Balaban J connectivity index is 1.97. The van der Waals surface area contributed by atoms with E-state index in [4.69, 9.17) is 23.2 Å². The molecule has 0 aliphatic carbocycles. The van der Waals surface area contributed by atoms with Crippen LogP contribution in [0.3, 0.4) is 0 Å². The summed E-state index contributed by atoms with van der Waals surface area (Å²) in [5.41, 5.74) is 1.16. The van der Waals surface area contributed by atoms with Crippen molar-refractivity contribution in [3.05, 3.63) is 63.0 Å². The second-order valence-electron chi connectivity index (χ2n) is 5.24. The van der Waals surface area contributed by atoms with E-state index in [1.54, 1.807) is 41.3 Å². The maximum Gasteiger partial charge on any atom is 0.266 e. The molecule has 0 bridgehead atoms. The molecule has 0 aromatic heterocycles. The van der Waals surface area contributed by atoms with Crippen molar-refractivity contribution >= 4 is 57.8 Å². The number of aliphatic imine (C=N–C) groups is 1. The first-order chi connectivity index (χ1) is 12.0. The maximum atomic E-state index is 12.6. The zero-order valence-corrected chi connectivity index (χ0v) is 15.6. The highest BCUT2D eigenvalue weighted by Crippen LogP contribution is 2.36. The van der Waals surface area contributed by atoms with Crippen LogP contribution in [0.4, 0.5) is 5.69 Å². The molecule has 7 heteroatoms. The average molecular weight is 393 g/mol. The van der Waals surface area contributed by atoms with Crippen molar-refractivity contribution in [1.82, 2.24) is 4.90 Å². The molecule has 0 spiro atoms. The number of likely N-dealkylation sites (N-methyl/N-ethyl adjacent to an activating group) is 1. The number of amidine groups is 1. The van der Waals surface area contributed by atoms with Crippen molar-refractivity contribution in [2.45, 2.75) is 6.92 Å². The van der Waals surface area contributed by atoms with Gasteiger partial charge < -0.3 is 5.11 Å². The zero-order valence-electron chi connectivity index (χ0n) is 13.2. The number of aromatic hydroxyl groups is 1. The van der Waals surface area contributed by atoms with Gasteiger partial charge in [0.05, 0.1) is 10.6 Å². The molecule has 0 radical (unpaired) electrons. The minimum atomic E-state index is -0.160. The summed E-state index contributed by atoms with van der Waals surface area (Å²) in [4.78, 5) is 19.2. The van der Waals surface area contributed by atoms with Crippen LogP contribution in [0, 0.1) is 0 Å². The van der Waals surface area contributed by atoms with Gasteiger partial charge in [-0.25, -0.2) is 4.99 Å². The van der Waals surface area contributed by atoms with E-state index in [1.807, 2.05) is 13.0 Å². The predicted molar refractivity (Wildman–Crippen MR) is 105 cm³/mol. The molecule has 1 aliphatic rings. The molecule has 1 aliphatic heterocycles. The summed E-state index contributed by atoms with van der Waals surface area (Å²) in [6.07, 6.45) is 1.62. The minimum Gasteiger partial charge on any atom is -0.507 e. The number of hydrogen-bond donors (Lipinski definition) is 1. The van der Waals surface area contributed by atoms with Gasteiger partial charge in [-0.3, -0.25) is 9.69 Å². The van der Waals surface area contributed by atoms with Crippen molar-refractivity contribution in [2.75, 3.05) is 6.54 Å². The molecule has 1 fully saturated rings. The van der Waals surface area contributed by atoms with Gasteiger partial charge in [0.15, 0.2) is 5.17 Å². The SMILES string of the molecule is CCN1C(=O)/C(=C\c2cc(Cl)ccc2O)SC1=Nc1cccc(Cl)c1. The molecule has 4 nitrogen and oxygen atoms in total. The Bertz CT molecular complexity index is 896. The van der Waals surface area contributed by atoms with E-state index in [0.717, 1.165) is 0 Å².